The average Bonchev–Trinajstić information content (AvgIpc) is 2.46. The lowest BCUT2D eigenvalue weighted by molar-refractivity contribution is 0.1000. The van der Waals surface area contributed by atoms with Crippen molar-refractivity contribution in [1.82, 2.24) is 0 Å². The Kier molecular flexibility index (Phi) is 4.35. The first kappa shape index (κ1) is 14.1. The Morgan fingerprint density at radius 3 is 2.50 bits per heavy atom. The van der Waals surface area contributed by atoms with Crippen LogP contribution in [0.2, 0.25) is 0 Å². The Hall–Kier alpha value is -2.36. The van der Waals surface area contributed by atoms with Crippen LogP contribution in [0.3, 0.4) is 0 Å². The predicted molar refractivity (Wildman–Crippen MR) is 78.1 cm³/mol. The molecule has 0 fully saturated rings. The quantitative estimate of drug-likeness (QED) is 0.878. The second kappa shape index (κ2) is 6.19. The monoisotopic (exact) mass is 272 g/mol. The largest absolute Gasteiger partial charge is 0.381 e. The zero-order valence-corrected chi connectivity index (χ0v) is 11.3. The summed E-state index contributed by atoms with van der Waals surface area (Å²) in [4.78, 5) is 11.1. The van der Waals surface area contributed by atoms with Gasteiger partial charge in [-0.15, -0.1) is 0 Å². The van der Waals surface area contributed by atoms with Crippen LogP contribution >= 0.6 is 0 Å². The molecule has 20 heavy (non-hydrogen) atoms. The molecule has 0 aliphatic rings. The fraction of sp³-hybridized carbons (Fsp3) is 0.188. The lowest BCUT2D eigenvalue weighted by Gasteiger charge is -2.09. The second-order valence-electron chi connectivity index (χ2n) is 4.57. The highest BCUT2D eigenvalue weighted by Crippen LogP contribution is 2.15. The summed E-state index contributed by atoms with van der Waals surface area (Å²) in [7, 11) is 0. The van der Waals surface area contributed by atoms with Crippen LogP contribution in [0.25, 0.3) is 0 Å². The van der Waals surface area contributed by atoms with Gasteiger partial charge in [-0.05, 0) is 42.3 Å². The number of halogens is 1. The van der Waals surface area contributed by atoms with Gasteiger partial charge in [-0.1, -0.05) is 19.1 Å². The van der Waals surface area contributed by atoms with Crippen LogP contribution in [0, 0.1) is 5.82 Å². The number of carbonyl (C=O) groups excluding carboxylic acids is 1. The van der Waals surface area contributed by atoms with Gasteiger partial charge in [0.2, 0.25) is 5.91 Å². The van der Waals surface area contributed by atoms with E-state index in [-0.39, 0.29) is 5.82 Å². The molecule has 0 aromatic heterocycles. The summed E-state index contributed by atoms with van der Waals surface area (Å²) in [5, 5.41) is 3.13. The highest BCUT2D eigenvalue weighted by atomic mass is 19.1. The maximum Gasteiger partial charge on any atom is 0.248 e. The molecule has 0 bridgehead atoms. The Bertz CT molecular complexity index is 608. The Morgan fingerprint density at radius 1 is 1.20 bits per heavy atom. The van der Waals surface area contributed by atoms with E-state index in [2.05, 4.69) is 12.2 Å². The van der Waals surface area contributed by atoms with Crippen molar-refractivity contribution in [2.75, 3.05) is 5.32 Å². The molecule has 2 aromatic rings. The number of rotatable bonds is 5. The third-order valence-corrected chi connectivity index (χ3v) is 3.18. The Labute approximate surface area is 117 Å². The summed E-state index contributed by atoms with van der Waals surface area (Å²) in [6.45, 7) is 2.39. The smallest absolute Gasteiger partial charge is 0.248 e. The van der Waals surface area contributed by atoms with Crippen LogP contribution < -0.4 is 11.1 Å². The van der Waals surface area contributed by atoms with E-state index < -0.39 is 5.91 Å². The standard InChI is InChI=1S/C16H17FN2O/c1-2-11-3-6-14(7-4-11)19-10-13-9-12(16(18)20)5-8-15(13)17/h3-9,19H,2,10H2,1H3,(H2,18,20). The molecular weight excluding hydrogens is 255 g/mol. The number of aryl methyl sites for hydroxylation is 1. The van der Waals surface area contributed by atoms with Gasteiger partial charge in [-0.25, -0.2) is 4.39 Å². The van der Waals surface area contributed by atoms with Gasteiger partial charge >= 0.3 is 0 Å². The van der Waals surface area contributed by atoms with Gasteiger partial charge in [0.1, 0.15) is 5.82 Å². The molecule has 2 rings (SSSR count). The maximum atomic E-state index is 13.7. The zero-order valence-electron chi connectivity index (χ0n) is 11.3. The van der Waals surface area contributed by atoms with Gasteiger partial charge in [-0.2, -0.15) is 0 Å². The molecule has 2 aromatic carbocycles. The van der Waals surface area contributed by atoms with Crippen molar-refractivity contribution in [3.05, 3.63) is 65.0 Å². The van der Waals surface area contributed by atoms with Gasteiger partial charge in [0.05, 0.1) is 0 Å². The van der Waals surface area contributed by atoms with Crippen molar-refractivity contribution < 1.29 is 9.18 Å². The van der Waals surface area contributed by atoms with E-state index in [1.54, 1.807) is 0 Å². The molecule has 104 valence electrons. The maximum absolute atomic E-state index is 13.7. The number of hydrogen-bond acceptors (Lipinski definition) is 2. The molecule has 0 atom stereocenters. The van der Waals surface area contributed by atoms with Crippen LogP contribution in [0.5, 0.6) is 0 Å². The molecule has 0 radical (unpaired) electrons. The number of amides is 1. The van der Waals surface area contributed by atoms with Crippen LogP contribution in [-0.4, -0.2) is 5.91 Å². The minimum absolute atomic E-state index is 0.304. The molecule has 0 saturated heterocycles. The zero-order chi connectivity index (χ0) is 14.5. The third-order valence-electron chi connectivity index (χ3n) is 3.18. The molecule has 0 spiro atoms. The summed E-state index contributed by atoms with van der Waals surface area (Å²) in [6.07, 6.45) is 0.982. The first-order valence-electron chi connectivity index (χ1n) is 6.51. The molecule has 0 heterocycles. The van der Waals surface area contributed by atoms with Crippen LogP contribution in [0.15, 0.2) is 42.5 Å². The van der Waals surface area contributed by atoms with Gasteiger partial charge in [0, 0.05) is 23.4 Å². The second-order valence-corrected chi connectivity index (χ2v) is 4.57. The van der Waals surface area contributed by atoms with Crippen molar-refractivity contribution in [2.24, 2.45) is 5.73 Å². The molecule has 0 unspecified atom stereocenters. The number of nitrogens with two attached hydrogens (primary N) is 1. The molecule has 4 heteroatoms. The summed E-state index contributed by atoms with van der Waals surface area (Å²) in [5.41, 5.74) is 8.07. The highest BCUT2D eigenvalue weighted by Gasteiger charge is 2.07. The van der Waals surface area contributed by atoms with Gasteiger partial charge in [0.15, 0.2) is 0 Å². The van der Waals surface area contributed by atoms with E-state index in [1.165, 1.54) is 23.8 Å². The van der Waals surface area contributed by atoms with Crippen LogP contribution in [-0.2, 0) is 13.0 Å². The number of carbonyl (C=O) groups is 1. The number of benzene rings is 2. The van der Waals surface area contributed by atoms with E-state index in [1.807, 2.05) is 24.3 Å². The van der Waals surface area contributed by atoms with E-state index in [0.29, 0.717) is 17.7 Å². The Balaban J connectivity index is 2.09. The first-order valence-corrected chi connectivity index (χ1v) is 6.51. The molecular formula is C16H17FN2O. The number of nitrogens with one attached hydrogen (secondary N) is 1. The predicted octanol–water partition coefficient (Wildman–Crippen LogP) is 3.10. The third kappa shape index (κ3) is 3.35. The van der Waals surface area contributed by atoms with Gasteiger partial charge in [0.25, 0.3) is 0 Å². The normalized spacial score (nSPS) is 10.3. The first-order chi connectivity index (χ1) is 9.60. The van der Waals surface area contributed by atoms with Crippen LogP contribution in [0.4, 0.5) is 10.1 Å². The topological polar surface area (TPSA) is 55.1 Å². The highest BCUT2D eigenvalue weighted by molar-refractivity contribution is 5.92. The molecule has 3 nitrogen and oxygen atoms in total. The number of anilines is 1. The van der Waals surface area contributed by atoms with Gasteiger partial charge in [-0.3, -0.25) is 4.79 Å². The van der Waals surface area contributed by atoms with E-state index >= 15 is 0 Å². The van der Waals surface area contributed by atoms with Crippen molar-refractivity contribution in [3.63, 3.8) is 0 Å². The molecule has 1 amide bonds. The molecule has 0 aliphatic carbocycles. The summed E-state index contributed by atoms with van der Waals surface area (Å²) >= 11 is 0. The van der Waals surface area contributed by atoms with Crippen molar-refractivity contribution in [2.45, 2.75) is 19.9 Å². The van der Waals surface area contributed by atoms with Crippen molar-refractivity contribution in [1.29, 1.82) is 0 Å². The van der Waals surface area contributed by atoms with E-state index in [0.717, 1.165) is 12.1 Å². The summed E-state index contributed by atoms with van der Waals surface area (Å²) in [5.74, 6) is -0.911. The van der Waals surface area contributed by atoms with E-state index in [9.17, 15) is 9.18 Å². The summed E-state index contributed by atoms with van der Waals surface area (Å²) in [6, 6.07) is 12.1. The average molecular weight is 272 g/mol. The number of hydrogen-bond donors (Lipinski definition) is 2. The minimum atomic E-state index is -0.557. The molecule has 0 aliphatic heterocycles. The fourth-order valence-corrected chi connectivity index (χ4v) is 1.92. The molecule has 3 N–H and O–H groups in total. The summed E-state index contributed by atoms with van der Waals surface area (Å²) < 4.78 is 13.7. The van der Waals surface area contributed by atoms with E-state index in [4.69, 9.17) is 5.73 Å². The fourth-order valence-electron chi connectivity index (χ4n) is 1.92. The van der Waals surface area contributed by atoms with Gasteiger partial charge < -0.3 is 11.1 Å². The Morgan fingerprint density at radius 2 is 1.90 bits per heavy atom. The SMILES string of the molecule is CCc1ccc(NCc2cc(C(N)=O)ccc2F)cc1. The van der Waals surface area contributed by atoms with Crippen LogP contribution in [0.1, 0.15) is 28.4 Å². The van der Waals surface area contributed by atoms with Crippen molar-refractivity contribution >= 4 is 11.6 Å². The molecule has 0 saturated carbocycles. The minimum Gasteiger partial charge on any atom is -0.381 e. The number of primary amides is 1. The lowest BCUT2D eigenvalue weighted by atomic mass is 10.1. The van der Waals surface area contributed by atoms with Crippen molar-refractivity contribution in [3.8, 4) is 0 Å². The lowest BCUT2D eigenvalue weighted by Crippen LogP contribution is -2.12.